The first-order chi connectivity index (χ1) is 14.5. The molecule has 0 spiro atoms. The van der Waals surface area contributed by atoms with Crippen LogP contribution in [0.5, 0.6) is 5.75 Å². The van der Waals surface area contributed by atoms with E-state index in [2.05, 4.69) is 17.3 Å². The molecule has 1 saturated heterocycles. The number of likely N-dealkylation sites (N-methyl/N-ethyl adjacent to an activating group) is 1. The van der Waals surface area contributed by atoms with Crippen molar-refractivity contribution in [2.75, 3.05) is 40.3 Å². The van der Waals surface area contributed by atoms with Crippen molar-refractivity contribution in [3.8, 4) is 5.75 Å². The van der Waals surface area contributed by atoms with E-state index in [9.17, 15) is 9.59 Å². The summed E-state index contributed by atoms with van der Waals surface area (Å²) in [5, 5.41) is 2.76. The van der Waals surface area contributed by atoms with Gasteiger partial charge in [-0.25, -0.2) is 0 Å². The number of amides is 2. The van der Waals surface area contributed by atoms with Gasteiger partial charge in [0.2, 0.25) is 5.91 Å². The number of piperazine rings is 1. The second-order valence-corrected chi connectivity index (χ2v) is 8.86. The van der Waals surface area contributed by atoms with Crippen LogP contribution in [0.2, 0.25) is 0 Å². The molecule has 1 unspecified atom stereocenters. The van der Waals surface area contributed by atoms with Crippen LogP contribution in [-0.2, 0) is 11.3 Å². The van der Waals surface area contributed by atoms with Gasteiger partial charge in [-0.05, 0) is 55.9 Å². The minimum Gasteiger partial charge on any atom is -0.497 e. The van der Waals surface area contributed by atoms with E-state index in [4.69, 9.17) is 4.74 Å². The lowest BCUT2D eigenvalue weighted by atomic mass is 10.1. The van der Waals surface area contributed by atoms with Crippen LogP contribution in [0.15, 0.2) is 53.4 Å². The molecule has 7 heteroatoms. The van der Waals surface area contributed by atoms with Crippen LogP contribution in [0, 0.1) is 0 Å². The predicted octanol–water partition coefficient (Wildman–Crippen LogP) is 2.88. The monoisotopic (exact) mass is 427 g/mol. The van der Waals surface area contributed by atoms with Crippen molar-refractivity contribution < 1.29 is 14.3 Å². The Balaban J connectivity index is 1.47. The quantitative estimate of drug-likeness (QED) is 0.689. The molecule has 30 heavy (non-hydrogen) atoms. The van der Waals surface area contributed by atoms with Crippen LogP contribution >= 0.6 is 11.8 Å². The average molecular weight is 428 g/mol. The molecule has 2 amide bonds. The Labute approximate surface area is 182 Å². The lowest BCUT2D eigenvalue weighted by molar-refractivity contribution is -0.120. The van der Waals surface area contributed by atoms with Gasteiger partial charge in [0.1, 0.15) is 5.75 Å². The highest BCUT2D eigenvalue weighted by molar-refractivity contribution is 8.00. The zero-order valence-corrected chi connectivity index (χ0v) is 18.6. The molecule has 160 valence electrons. The fraction of sp³-hybridized carbons (Fsp3) is 0.391. The number of ether oxygens (including phenoxy) is 1. The summed E-state index contributed by atoms with van der Waals surface area (Å²) >= 11 is 1.51. The van der Waals surface area contributed by atoms with E-state index in [0.717, 1.165) is 42.4 Å². The van der Waals surface area contributed by atoms with Gasteiger partial charge in [0, 0.05) is 43.2 Å². The summed E-state index contributed by atoms with van der Waals surface area (Å²) < 4.78 is 5.16. The minimum absolute atomic E-state index is 0.0200. The standard InChI is InChI=1S/C23H29N3O3S/c1-17(30-21-10-8-20(29-3)9-11-21)22(27)24-16-18-4-6-19(7-5-18)23(28)26-14-12-25(2)13-15-26/h4-11,17H,12-16H2,1-3H3,(H,24,27). The first-order valence-electron chi connectivity index (χ1n) is 10.1. The maximum absolute atomic E-state index is 12.6. The van der Waals surface area contributed by atoms with Crippen molar-refractivity contribution in [3.63, 3.8) is 0 Å². The number of methoxy groups -OCH3 is 1. The highest BCUT2D eigenvalue weighted by atomic mass is 32.2. The van der Waals surface area contributed by atoms with E-state index in [0.29, 0.717) is 12.1 Å². The number of carbonyl (C=O) groups is 2. The van der Waals surface area contributed by atoms with E-state index in [-0.39, 0.29) is 17.1 Å². The van der Waals surface area contributed by atoms with Gasteiger partial charge in [0.25, 0.3) is 5.91 Å². The zero-order chi connectivity index (χ0) is 21.5. The number of nitrogens with one attached hydrogen (secondary N) is 1. The molecule has 1 aliphatic rings. The number of benzene rings is 2. The van der Waals surface area contributed by atoms with Gasteiger partial charge in [-0.3, -0.25) is 9.59 Å². The highest BCUT2D eigenvalue weighted by Crippen LogP contribution is 2.25. The molecule has 1 N–H and O–H groups in total. The van der Waals surface area contributed by atoms with Gasteiger partial charge < -0.3 is 19.9 Å². The number of rotatable bonds is 7. The van der Waals surface area contributed by atoms with E-state index in [1.165, 1.54) is 11.8 Å². The Hall–Kier alpha value is -2.51. The highest BCUT2D eigenvalue weighted by Gasteiger charge is 2.20. The van der Waals surface area contributed by atoms with Gasteiger partial charge in [-0.2, -0.15) is 0 Å². The topological polar surface area (TPSA) is 61.9 Å². The normalized spacial score (nSPS) is 15.5. The van der Waals surface area contributed by atoms with Crippen molar-refractivity contribution in [2.24, 2.45) is 0 Å². The van der Waals surface area contributed by atoms with Crippen molar-refractivity contribution in [3.05, 3.63) is 59.7 Å². The maximum Gasteiger partial charge on any atom is 0.253 e. The third-order valence-corrected chi connectivity index (χ3v) is 6.31. The molecule has 0 saturated carbocycles. The Morgan fingerprint density at radius 3 is 2.27 bits per heavy atom. The SMILES string of the molecule is COc1ccc(SC(C)C(=O)NCc2ccc(C(=O)N3CCN(C)CC3)cc2)cc1. The fourth-order valence-corrected chi connectivity index (χ4v) is 4.09. The molecule has 2 aromatic carbocycles. The summed E-state index contributed by atoms with van der Waals surface area (Å²) in [4.78, 5) is 30.2. The van der Waals surface area contributed by atoms with Gasteiger partial charge in [-0.15, -0.1) is 11.8 Å². The number of hydrogen-bond acceptors (Lipinski definition) is 5. The summed E-state index contributed by atoms with van der Waals surface area (Å²) in [5.41, 5.74) is 1.66. The third-order valence-electron chi connectivity index (χ3n) is 5.20. The number of nitrogens with zero attached hydrogens (tertiary/aromatic N) is 2. The lowest BCUT2D eigenvalue weighted by Gasteiger charge is -2.32. The van der Waals surface area contributed by atoms with Crippen molar-refractivity contribution >= 4 is 23.6 Å². The van der Waals surface area contributed by atoms with Crippen molar-refractivity contribution in [1.82, 2.24) is 15.1 Å². The first kappa shape index (κ1) is 22.2. The Kier molecular flexibility index (Phi) is 7.76. The van der Waals surface area contributed by atoms with E-state index in [1.54, 1.807) is 7.11 Å². The molecule has 0 radical (unpaired) electrons. The van der Waals surface area contributed by atoms with E-state index in [1.807, 2.05) is 60.4 Å². The van der Waals surface area contributed by atoms with Gasteiger partial charge in [-0.1, -0.05) is 12.1 Å². The molecule has 2 aromatic rings. The summed E-state index contributed by atoms with van der Waals surface area (Å²) in [5.74, 6) is 0.850. The zero-order valence-electron chi connectivity index (χ0n) is 17.8. The Morgan fingerprint density at radius 2 is 1.67 bits per heavy atom. The van der Waals surface area contributed by atoms with Gasteiger partial charge in [0.15, 0.2) is 0 Å². The molecule has 1 aliphatic heterocycles. The van der Waals surface area contributed by atoms with Crippen LogP contribution in [0.3, 0.4) is 0 Å². The van der Waals surface area contributed by atoms with Crippen LogP contribution in [0.4, 0.5) is 0 Å². The fourth-order valence-electron chi connectivity index (χ4n) is 3.20. The summed E-state index contributed by atoms with van der Waals surface area (Å²) in [6.45, 7) is 5.66. The minimum atomic E-state index is -0.212. The van der Waals surface area contributed by atoms with Crippen LogP contribution in [0.1, 0.15) is 22.8 Å². The second kappa shape index (κ2) is 10.5. The van der Waals surface area contributed by atoms with Crippen molar-refractivity contribution in [2.45, 2.75) is 23.6 Å². The molecule has 0 aromatic heterocycles. The lowest BCUT2D eigenvalue weighted by Crippen LogP contribution is -2.47. The van der Waals surface area contributed by atoms with Crippen molar-refractivity contribution in [1.29, 1.82) is 0 Å². The Bertz CT molecular complexity index is 847. The van der Waals surface area contributed by atoms with Crippen LogP contribution < -0.4 is 10.1 Å². The van der Waals surface area contributed by atoms with E-state index < -0.39 is 0 Å². The largest absolute Gasteiger partial charge is 0.497 e. The second-order valence-electron chi connectivity index (χ2n) is 7.45. The summed E-state index contributed by atoms with van der Waals surface area (Å²) in [6, 6.07) is 15.2. The average Bonchev–Trinajstić information content (AvgIpc) is 2.78. The first-order valence-corrected chi connectivity index (χ1v) is 11.0. The maximum atomic E-state index is 12.6. The smallest absolute Gasteiger partial charge is 0.253 e. The molecule has 3 rings (SSSR count). The molecule has 0 aliphatic carbocycles. The number of thioether (sulfide) groups is 1. The van der Waals surface area contributed by atoms with Gasteiger partial charge in [0.05, 0.1) is 12.4 Å². The Morgan fingerprint density at radius 1 is 1.03 bits per heavy atom. The summed E-state index contributed by atoms with van der Waals surface area (Å²) in [7, 11) is 3.70. The van der Waals surface area contributed by atoms with Crippen LogP contribution in [0.25, 0.3) is 0 Å². The van der Waals surface area contributed by atoms with E-state index >= 15 is 0 Å². The molecular formula is C23H29N3O3S. The van der Waals surface area contributed by atoms with Gasteiger partial charge >= 0.3 is 0 Å². The molecule has 1 heterocycles. The molecular weight excluding hydrogens is 398 g/mol. The third kappa shape index (κ3) is 6.00. The number of carbonyl (C=O) groups excluding carboxylic acids is 2. The number of hydrogen-bond donors (Lipinski definition) is 1. The summed E-state index contributed by atoms with van der Waals surface area (Å²) in [6.07, 6.45) is 0. The molecule has 0 bridgehead atoms. The molecule has 1 atom stereocenters. The van der Waals surface area contributed by atoms with Crippen LogP contribution in [-0.4, -0.2) is 67.2 Å². The molecule has 6 nitrogen and oxygen atoms in total. The predicted molar refractivity (Wildman–Crippen MR) is 120 cm³/mol. The molecule has 1 fully saturated rings.